The molecule has 0 aliphatic carbocycles. The van der Waals surface area contributed by atoms with Crippen LogP contribution in [-0.4, -0.2) is 17.7 Å². The Bertz CT molecular complexity index is 352. The molecule has 4 heteroatoms. The summed E-state index contributed by atoms with van der Waals surface area (Å²) >= 11 is 3.13. The summed E-state index contributed by atoms with van der Waals surface area (Å²) in [5.74, 6) is 0.792. The van der Waals surface area contributed by atoms with Gasteiger partial charge in [-0.2, -0.15) is 0 Å². The van der Waals surface area contributed by atoms with Crippen LogP contribution in [-0.2, 0) is 11.2 Å². The number of nitrogen functional groups attached to an aromatic ring is 1. The van der Waals surface area contributed by atoms with Gasteiger partial charge in [-0.05, 0) is 19.1 Å². The number of rotatable bonds is 5. The smallest absolute Gasteiger partial charge is 0.147 e. The van der Waals surface area contributed by atoms with E-state index < -0.39 is 0 Å². The van der Waals surface area contributed by atoms with E-state index in [9.17, 15) is 4.79 Å². The number of benzene rings is 1. The summed E-state index contributed by atoms with van der Waals surface area (Å²) in [5.41, 5.74) is 7.20. The van der Waals surface area contributed by atoms with Crippen molar-refractivity contribution in [3.8, 4) is 5.75 Å². The normalized spacial score (nSPS) is 10.0. The number of carbonyl (C=O) groups excluding carboxylic acids is 1. The third kappa shape index (κ3) is 3.23. The van der Waals surface area contributed by atoms with Crippen molar-refractivity contribution in [3.63, 3.8) is 0 Å². The maximum absolute atomic E-state index is 11.3. The first-order valence-electron chi connectivity index (χ1n) is 4.76. The quantitative estimate of drug-likeness (QED) is 0.660. The Balaban J connectivity index is 2.96. The maximum Gasteiger partial charge on any atom is 0.147 e. The zero-order valence-corrected chi connectivity index (χ0v) is 10.2. The van der Waals surface area contributed by atoms with Crippen LogP contribution in [0.1, 0.15) is 12.5 Å². The molecule has 3 nitrogen and oxygen atoms in total. The molecular formula is C11H14BrNO2. The van der Waals surface area contributed by atoms with E-state index in [-0.39, 0.29) is 5.78 Å². The highest BCUT2D eigenvalue weighted by Gasteiger charge is 2.10. The summed E-state index contributed by atoms with van der Waals surface area (Å²) in [6, 6.07) is 5.43. The van der Waals surface area contributed by atoms with Gasteiger partial charge in [-0.3, -0.25) is 4.79 Å². The van der Waals surface area contributed by atoms with Crippen LogP contribution in [0.15, 0.2) is 18.2 Å². The lowest BCUT2D eigenvalue weighted by molar-refractivity contribution is -0.115. The van der Waals surface area contributed by atoms with E-state index in [1.165, 1.54) is 0 Å². The SMILES string of the molecule is CCOc1cccc(N)c1CC(=O)CBr. The van der Waals surface area contributed by atoms with Crippen molar-refractivity contribution in [2.75, 3.05) is 17.7 Å². The minimum absolute atomic E-state index is 0.0915. The number of hydrogen-bond donors (Lipinski definition) is 1. The van der Waals surface area contributed by atoms with Crippen molar-refractivity contribution < 1.29 is 9.53 Å². The van der Waals surface area contributed by atoms with E-state index in [4.69, 9.17) is 10.5 Å². The fourth-order valence-electron chi connectivity index (χ4n) is 1.31. The van der Waals surface area contributed by atoms with Crippen molar-refractivity contribution in [3.05, 3.63) is 23.8 Å². The summed E-state index contributed by atoms with van der Waals surface area (Å²) < 4.78 is 5.42. The second-order valence-corrected chi connectivity index (χ2v) is 3.67. The van der Waals surface area contributed by atoms with E-state index in [1.807, 2.05) is 19.1 Å². The van der Waals surface area contributed by atoms with Gasteiger partial charge >= 0.3 is 0 Å². The largest absolute Gasteiger partial charge is 0.494 e. The van der Waals surface area contributed by atoms with Crippen molar-refractivity contribution in [1.82, 2.24) is 0 Å². The van der Waals surface area contributed by atoms with Gasteiger partial charge in [-0.1, -0.05) is 22.0 Å². The molecule has 2 N–H and O–H groups in total. The molecule has 0 radical (unpaired) electrons. The Morgan fingerprint density at radius 2 is 2.27 bits per heavy atom. The van der Waals surface area contributed by atoms with Crippen molar-refractivity contribution in [2.45, 2.75) is 13.3 Å². The van der Waals surface area contributed by atoms with Crippen LogP contribution in [0, 0.1) is 0 Å². The van der Waals surface area contributed by atoms with Crippen LogP contribution in [0.5, 0.6) is 5.75 Å². The van der Waals surface area contributed by atoms with E-state index in [0.29, 0.717) is 29.8 Å². The second-order valence-electron chi connectivity index (χ2n) is 3.11. The molecule has 0 saturated carbocycles. The van der Waals surface area contributed by atoms with Crippen LogP contribution >= 0.6 is 15.9 Å². The predicted octanol–water partition coefficient (Wildman–Crippen LogP) is 2.17. The lowest BCUT2D eigenvalue weighted by atomic mass is 10.1. The highest BCUT2D eigenvalue weighted by Crippen LogP contribution is 2.25. The Kier molecular flexibility index (Phi) is 4.62. The number of alkyl halides is 1. The summed E-state index contributed by atoms with van der Waals surface area (Å²) in [4.78, 5) is 11.3. The molecule has 82 valence electrons. The molecule has 15 heavy (non-hydrogen) atoms. The summed E-state index contributed by atoms with van der Waals surface area (Å²) in [6.45, 7) is 2.47. The molecule has 0 aromatic heterocycles. The zero-order valence-electron chi connectivity index (χ0n) is 8.63. The monoisotopic (exact) mass is 271 g/mol. The van der Waals surface area contributed by atoms with E-state index in [2.05, 4.69) is 15.9 Å². The molecule has 1 aromatic carbocycles. The predicted molar refractivity (Wildman–Crippen MR) is 64.5 cm³/mol. The van der Waals surface area contributed by atoms with Gasteiger partial charge in [0.2, 0.25) is 0 Å². The third-order valence-electron chi connectivity index (χ3n) is 1.99. The first-order valence-corrected chi connectivity index (χ1v) is 5.89. The number of hydrogen-bond acceptors (Lipinski definition) is 3. The number of ether oxygens (including phenoxy) is 1. The Morgan fingerprint density at radius 3 is 2.87 bits per heavy atom. The average molecular weight is 272 g/mol. The molecule has 1 aromatic rings. The first kappa shape index (κ1) is 12.0. The van der Waals surface area contributed by atoms with Crippen molar-refractivity contribution in [1.29, 1.82) is 0 Å². The van der Waals surface area contributed by atoms with Gasteiger partial charge in [-0.15, -0.1) is 0 Å². The molecule has 0 atom stereocenters. The van der Waals surface area contributed by atoms with Gasteiger partial charge in [0.15, 0.2) is 0 Å². The molecule has 0 unspecified atom stereocenters. The fraction of sp³-hybridized carbons (Fsp3) is 0.364. The highest BCUT2D eigenvalue weighted by molar-refractivity contribution is 9.09. The number of Topliss-reactive ketones (excluding diaryl/α,β-unsaturated/α-hetero) is 1. The summed E-state index contributed by atoms with van der Waals surface area (Å²) in [7, 11) is 0. The summed E-state index contributed by atoms with van der Waals surface area (Å²) in [5, 5.41) is 0.340. The van der Waals surface area contributed by atoms with Gasteiger partial charge in [0.1, 0.15) is 11.5 Å². The van der Waals surface area contributed by atoms with E-state index >= 15 is 0 Å². The maximum atomic E-state index is 11.3. The average Bonchev–Trinajstić information content (AvgIpc) is 2.23. The second kappa shape index (κ2) is 5.75. The standard InChI is InChI=1S/C11H14BrNO2/c1-2-15-11-5-3-4-10(13)9(11)6-8(14)7-12/h3-5H,2,6-7,13H2,1H3. The van der Waals surface area contributed by atoms with Crippen LogP contribution in [0.3, 0.4) is 0 Å². The number of ketones is 1. The fourth-order valence-corrected chi connectivity index (χ4v) is 1.51. The van der Waals surface area contributed by atoms with Crippen LogP contribution in [0.2, 0.25) is 0 Å². The number of anilines is 1. The number of halogens is 1. The van der Waals surface area contributed by atoms with E-state index in [0.717, 1.165) is 5.56 Å². The van der Waals surface area contributed by atoms with Crippen LogP contribution in [0.4, 0.5) is 5.69 Å². The molecule has 0 aliphatic heterocycles. The van der Waals surface area contributed by atoms with Crippen molar-refractivity contribution in [2.24, 2.45) is 0 Å². The summed E-state index contributed by atoms with van der Waals surface area (Å²) in [6.07, 6.45) is 0.313. The minimum Gasteiger partial charge on any atom is -0.494 e. The van der Waals surface area contributed by atoms with E-state index in [1.54, 1.807) is 6.07 Å². The number of nitrogens with two attached hydrogens (primary N) is 1. The molecule has 0 amide bonds. The van der Waals surface area contributed by atoms with Gasteiger partial charge < -0.3 is 10.5 Å². The molecular weight excluding hydrogens is 258 g/mol. The minimum atomic E-state index is 0.0915. The van der Waals surface area contributed by atoms with Crippen LogP contribution < -0.4 is 10.5 Å². The Morgan fingerprint density at radius 1 is 1.53 bits per heavy atom. The zero-order chi connectivity index (χ0) is 11.3. The van der Waals surface area contributed by atoms with Gasteiger partial charge in [-0.25, -0.2) is 0 Å². The van der Waals surface area contributed by atoms with Crippen LogP contribution in [0.25, 0.3) is 0 Å². The molecule has 0 aliphatic rings. The molecule has 1 rings (SSSR count). The molecule has 0 bridgehead atoms. The number of carbonyl (C=O) groups is 1. The molecule has 0 saturated heterocycles. The first-order chi connectivity index (χ1) is 7.19. The Labute approximate surface area is 97.7 Å². The molecule has 0 spiro atoms. The lowest BCUT2D eigenvalue weighted by Gasteiger charge is -2.11. The van der Waals surface area contributed by atoms with Crippen molar-refractivity contribution >= 4 is 27.4 Å². The molecule has 0 fully saturated rings. The highest BCUT2D eigenvalue weighted by atomic mass is 79.9. The third-order valence-corrected chi connectivity index (χ3v) is 2.62. The van der Waals surface area contributed by atoms with Gasteiger partial charge in [0.05, 0.1) is 11.9 Å². The van der Waals surface area contributed by atoms with Gasteiger partial charge in [0.25, 0.3) is 0 Å². The molecule has 0 heterocycles. The lowest BCUT2D eigenvalue weighted by Crippen LogP contribution is -2.08. The Hall–Kier alpha value is -1.03. The van der Waals surface area contributed by atoms with Gasteiger partial charge in [0, 0.05) is 17.7 Å². The topological polar surface area (TPSA) is 52.3 Å².